The molecule has 2 aromatic rings. The molecule has 1 fully saturated rings. The van der Waals surface area contributed by atoms with Crippen LogP contribution < -0.4 is 10.6 Å². The highest BCUT2D eigenvalue weighted by Gasteiger charge is 2.36. The first-order chi connectivity index (χ1) is 13.7. The summed E-state index contributed by atoms with van der Waals surface area (Å²) in [5.74, 6) is 0.848. The molecule has 2 N–H and O–H groups in total. The molecular weight excluding hydrogens is 374 g/mol. The summed E-state index contributed by atoms with van der Waals surface area (Å²) in [6.07, 6.45) is 6.63. The van der Waals surface area contributed by atoms with E-state index in [1.54, 1.807) is 6.20 Å². The minimum absolute atomic E-state index is 0.0754. The Morgan fingerprint density at radius 2 is 2.07 bits per heavy atom. The van der Waals surface area contributed by atoms with Gasteiger partial charge in [0.05, 0.1) is 6.54 Å². The summed E-state index contributed by atoms with van der Waals surface area (Å²) in [6.45, 7) is 6.82. The van der Waals surface area contributed by atoms with Crippen molar-refractivity contribution in [1.82, 2.24) is 20.4 Å². The summed E-state index contributed by atoms with van der Waals surface area (Å²) in [6, 6.07) is 10.1. The van der Waals surface area contributed by atoms with Crippen molar-refractivity contribution in [3.05, 3.63) is 53.3 Å². The van der Waals surface area contributed by atoms with Crippen LogP contribution in [-0.2, 0) is 16.7 Å². The van der Waals surface area contributed by atoms with Gasteiger partial charge in [-0.25, -0.2) is 0 Å². The summed E-state index contributed by atoms with van der Waals surface area (Å²) in [7, 11) is 0. The van der Waals surface area contributed by atoms with E-state index in [0.29, 0.717) is 6.54 Å². The van der Waals surface area contributed by atoms with Crippen LogP contribution in [0.4, 0.5) is 0 Å². The van der Waals surface area contributed by atoms with Gasteiger partial charge >= 0.3 is 0 Å². The van der Waals surface area contributed by atoms with Gasteiger partial charge in [-0.15, -0.1) is 0 Å². The van der Waals surface area contributed by atoms with Crippen molar-refractivity contribution >= 4 is 17.6 Å². The molecule has 1 saturated heterocycles. The first kappa shape index (κ1) is 20.7. The van der Waals surface area contributed by atoms with Gasteiger partial charge in [-0.05, 0) is 43.9 Å². The first-order valence-corrected chi connectivity index (χ1v) is 10.4. The largest absolute Gasteiger partial charge is 0.381 e. The number of aromatic nitrogens is 2. The lowest BCUT2D eigenvalue weighted by Gasteiger charge is -2.37. The van der Waals surface area contributed by atoms with E-state index in [2.05, 4.69) is 34.8 Å². The highest BCUT2D eigenvalue weighted by molar-refractivity contribution is 6.31. The maximum absolute atomic E-state index is 6.55. The van der Waals surface area contributed by atoms with Gasteiger partial charge in [0.2, 0.25) is 0 Å². The zero-order valence-electron chi connectivity index (χ0n) is 16.5. The molecule has 0 aliphatic carbocycles. The Kier molecular flexibility index (Phi) is 7.74. The zero-order valence-corrected chi connectivity index (χ0v) is 17.3. The molecule has 0 spiro atoms. The van der Waals surface area contributed by atoms with Crippen LogP contribution in [-0.4, -0.2) is 48.6 Å². The number of hydrogen-bond donors (Lipinski definition) is 2. The van der Waals surface area contributed by atoms with Gasteiger partial charge in [0.25, 0.3) is 0 Å². The van der Waals surface area contributed by atoms with Crippen molar-refractivity contribution < 1.29 is 4.74 Å². The van der Waals surface area contributed by atoms with Crippen LogP contribution in [0, 0.1) is 0 Å². The minimum Gasteiger partial charge on any atom is -0.381 e. The quantitative estimate of drug-likeness (QED) is 0.403. The molecule has 2 heterocycles. The molecule has 0 atom stereocenters. The van der Waals surface area contributed by atoms with E-state index < -0.39 is 0 Å². The fraction of sp³-hybridized carbons (Fsp3) is 0.524. The Morgan fingerprint density at radius 1 is 1.25 bits per heavy atom. The monoisotopic (exact) mass is 403 g/mol. The fourth-order valence-corrected chi connectivity index (χ4v) is 3.95. The number of rotatable bonds is 8. The lowest BCUT2D eigenvalue weighted by atomic mass is 9.74. The Bertz CT molecular complexity index is 741. The third-order valence-corrected chi connectivity index (χ3v) is 5.52. The molecule has 0 amide bonds. The molecule has 0 saturated carbocycles. The lowest BCUT2D eigenvalue weighted by molar-refractivity contribution is 0.0531. The van der Waals surface area contributed by atoms with Crippen molar-refractivity contribution in [2.24, 2.45) is 4.99 Å². The lowest BCUT2D eigenvalue weighted by Crippen LogP contribution is -2.41. The summed E-state index contributed by atoms with van der Waals surface area (Å²) in [5, 5.41) is 11.8. The third kappa shape index (κ3) is 5.49. The van der Waals surface area contributed by atoms with Crippen molar-refractivity contribution in [3.8, 4) is 0 Å². The molecule has 28 heavy (non-hydrogen) atoms. The molecule has 1 aromatic heterocycles. The molecule has 1 aromatic carbocycles. The van der Waals surface area contributed by atoms with E-state index in [1.165, 1.54) is 5.56 Å². The van der Waals surface area contributed by atoms with Gasteiger partial charge in [0, 0.05) is 55.7 Å². The highest BCUT2D eigenvalue weighted by atomic mass is 35.5. The van der Waals surface area contributed by atoms with Crippen LogP contribution in [0.1, 0.15) is 31.7 Å². The SMILES string of the molecule is CCNC(=NCC1(c2ccccc2Cl)CCOCC1)NCCCn1cccn1. The third-order valence-electron chi connectivity index (χ3n) is 5.19. The van der Waals surface area contributed by atoms with Crippen molar-refractivity contribution in [1.29, 1.82) is 0 Å². The van der Waals surface area contributed by atoms with Gasteiger partial charge in [0.15, 0.2) is 5.96 Å². The Balaban J connectivity index is 1.65. The second kappa shape index (κ2) is 10.5. The fourth-order valence-electron chi connectivity index (χ4n) is 3.62. The highest BCUT2D eigenvalue weighted by Crippen LogP contribution is 2.38. The summed E-state index contributed by atoms with van der Waals surface area (Å²) in [4.78, 5) is 4.92. The number of aliphatic imine (C=N–C) groups is 1. The van der Waals surface area contributed by atoms with E-state index in [1.807, 2.05) is 29.1 Å². The molecule has 0 unspecified atom stereocenters. The number of halogens is 1. The average Bonchev–Trinajstić information content (AvgIpc) is 3.24. The topological polar surface area (TPSA) is 63.5 Å². The van der Waals surface area contributed by atoms with Gasteiger partial charge < -0.3 is 15.4 Å². The smallest absolute Gasteiger partial charge is 0.191 e. The normalized spacial score (nSPS) is 16.7. The van der Waals surface area contributed by atoms with Gasteiger partial charge in [0.1, 0.15) is 0 Å². The summed E-state index contributed by atoms with van der Waals surface area (Å²) < 4.78 is 7.57. The summed E-state index contributed by atoms with van der Waals surface area (Å²) >= 11 is 6.55. The van der Waals surface area contributed by atoms with Crippen LogP contribution in [0.25, 0.3) is 0 Å². The van der Waals surface area contributed by atoms with Crippen LogP contribution >= 0.6 is 11.6 Å². The number of hydrogen-bond acceptors (Lipinski definition) is 3. The Labute approximate surface area is 172 Å². The molecule has 152 valence electrons. The molecule has 0 bridgehead atoms. The second-order valence-corrected chi connectivity index (χ2v) is 7.52. The maximum Gasteiger partial charge on any atom is 0.191 e. The molecule has 1 aliphatic rings. The maximum atomic E-state index is 6.55. The predicted octanol–water partition coefficient (Wildman–Crippen LogP) is 3.23. The van der Waals surface area contributed by atoms with E-state index >= 15 is 0 Å². The Morgan fingerprint density at radius 3 is 2.79 bits per heavy atom. The van der Waals surface area contributed by atoms with E-state index in [9.17, 15) is 0 Å². The number of aryl methyl sites for hydroxylation is 1. The van der Waals surface area contributed by atoms with E-state index in [-0.39, 0.29) is 5.41 Å². The van der Waals surface area contributed by atoms with Gasteiger partial charge in [-0.1, -0.05) is 29.8 Å². The van der Waals surface area contributed by atoms with Crippen LogP contribution in [0.15, 0.2) is 47.7 Å². The van der Waals surface area contributed by atoms with E-state index in [4.69, 9.17) is 21.3 Å². The Hall–Kier alpha value is -2.05. The predicted molar refractivity (Wildman–Crippen MR) is 114 cm³/mol. The van der Waals surface area contributed by atoms with E-state index in [0.717, 1.165) is 63.1 Å². The van der Waals surface area contributed by atoms with Crippen LogP contribution in [0.3, 0.4) is 0 Å². The number of nitrogens with zero attached hydrogens (tertiary/aromatic N) is 3. The van der Waals surface area contributed by atoms with Crippen molar-refractivity contribution in [2.45, 2.75) is 38.1 Å². The number of benzene rings is 1. The van der Waals surface area contributed by atoms with Gasteiger partial charge in [-0.2, -0.15) is 5.10 Å². The zero-order chi connectivity index (χ0) is 19.7. The molecule has 7 heteroatoms. The van der Waals surface area contributed by atoms with Gasteiger partial charge in [-0.3, -0.25) is 9.67 Å². The average molecular weight is 404 g/mol. The summed E-state index contributed by atoms with van der Waals surface area (Å²) in [5.41, 5.74) is 1.10. The van der Waals surface area contributed by atoms with Crippen LogP contribution in [0.2, 0.25) is 5.02 Å². The van der Waals surface area contributed by atoms with Crippen LogP contribution in [0.5, 0.6) is 0 Å². The van der Waals surface area contributed by atoms with Crippen molar-refractivity contribution in [2.75, 3.05) is 32.8 Å². The first-order valence-electron chi connectivity index (χ1n) is 10.1. The molecule has 6 nitrogen and oxygen atoms in total. The minimum atomic E-state index is -0.0754. The number of nitrogens with one attached hydrogen (secondary N) is 2. The number of ether oxygens (including phenoxy) is 1. The molecule has 1 aliphatic heterocycles. The standard InChI is InChI=1S/C21H30ClN5O/c1-2-23-20(24-11-5-13-27-14-6-12-26-27)25-17-21(9-15-28-16-10-21)18-7-3-4-8-19(18)22/h3-4,6-8,12,14H,2,5,9-11,13,15-17H2,1H3,(H2,23,24,25). The number of guanidine groups is 1. The molecule has 0 radical (unpaired) electrons. The molecule has 3 rings (SSSR count). The molecular formula is C21H30ClN5O. The second-order valence-electron chi connectivity index (χ2n) is 7.12. The van der Waals surface area contributed by atoms with Crippen molar-refractivity contribution in [3.63, 3.8) is 0 Å².